The van der Waals surface area contributed by atoms with Gasteiger partial charge in [0.2, 0.25) is 0 Å². The summed E-state index contributed by atoms with van der Waals surface area (Å²) in [7, 11) is 0. The van der Waals surface area contributed by atoms with Gasteiger partial charge in [0, 0.05) is 13.2 Å². The predicted octanol–water partition coefficient (Wildman–Crippen LogP) is 4.05. The van der Waals surface area contributed by atoms with Crippen molar-refractivity contribution >= 4 is 21.6 Å². The number of nitrogens with zero attached hydrogens (tertiary/aromatic N) is 1. The average Bonchev–Trinajstić information content (AvgIpc) is 3.12. The molecule has 0 amide bonds. The second-order valence-electron chi connectivity index (χ2n) is 6.49. The molecular weight excluding hydrogens is 308 g/mol. The minimum Gasteiger partial charge on any atom is -0.457 e. The largest absolute Gasteiger partial charge is 0.457 e. The van der Waals surface area contributed by atoms with Gasteiger partial charge in [0.15, 0.2) is 10.8 Å². The highest BCUT2D eigenvalue weighted by atomic mass is 32.1. The molecule has 0 spiro atoms. The first kappa shape index (κ1) is 16.2. The molecule has 0 atom stereocenters. The van der Waals surface area contributed by atoms with Gasteiger partial charge in [-0.15, -0.1) is 11.3 Å². The highest BCUT2D eigenvalue weighted by Gasteiger charge is 2.17. The van der Waals surface area contributed by atoms with Gasteiger partial charge in [-0.25, -0.2) is 4.98 Å². The van der Waals surface area contributed by atoms with E-state index in [-0.39, 0.29) is 12.0 Å². The Morgan fingerprint density at radius 1 is 1.22 bits per heavy atom. The normalized spacial score (nSPS) is 12.1. The van der Waals surface area contributed by atoms with Crippen LogP contribution in [0.1, 0.15) is 26.0 Å². The molecule has 0 saturated carbocycles. The number of hydrogen-bond acceptors (Lipinski definition) is 5. The molecule has 0 unspecified atom stereocenters. The van der Waals surface area contributed by atoms with Gasteiger partial charge in [-0.2, -0.15) is 0 Å². The second-order valence-corrected chi connectivity index (χ2v) is 7.52. The summed E-state index contributed by atoms with van der Waals surface area (Å²) in [5, 5.41) is 13.4. The van der Waals surface area contributed by atoms with Crippen LogP contribution in [0.25, 0.3) is 21.0 Å². The summed E-state index contributed by atoms with van der Waals surface area (Å²) in [6.45, 7) is 6.03. The fourth-order valence-electron chi connectivity index (χ4n) is 2.48. The van der Waals surface area contributed by atoms with Crippen LogP contribution >= 0.6 is 11.3 Å². The average molecular weight is 330 g/mol. The van der Waals surface area contributed by atoms with E-state index in [1.54, 1.807) is 11.3 Å². The monoisotopic (exact) mass is 330 g/mol. The number of hydrogen-bond donors (Lipinski definition) is 2. The number of rotatable bonds is 7. The third-order valence-corrected chi connectivity index (χ3v) is 4.91. The lowest BCUT2D eigenvalue weighted by Crippen LogP contribution is -2.29. The second kappa shape index (κ2) is 6.83. The van der Waals surface area contributed by atoms with Crippen LogP contribution < -0.4 is 5.32 Å². The Kier molecular flexibility index (Phi) is 4.80. The summed E-state index contributed by atoms with van der Waals surface area (Å²) in [6, 6.07) is 12.1. The number of benzene rings is 1. The number of aliphatic hydroxyl groups excluding tert-OH is 1. The van der Waals surface area contributed by atoms with Crippen LogP contribution in [0.3, 0.4) is 0 Å². The Labute approximate surface area is 140 Å². The molecule has 3 aromatic rings. The summed E-state index contributed by atoms with van der Waals surface area (Å²) in [5.41, 5.74) is 1.09. The van der Waals surface area contributed by atoms with Crippen molar-refractivity contribution in [3.05, 3.63) is 42.2 Å². The van der Waals surface area contributed by atoms with Crippen molar-refractivity contribution in [2.75, 3.05) is 13.2 Å². The molecule has 0 aliphatic heterocycles. The number of aliphatic hydroxyl groups is 1. The fourth-order valence-corrected chi connectivity index (χ4v) is 3.41. The van der Waals surface area contributed by atoms with Crippen molar-refractivity contribution in [3.8, 4) is 10.8 Å². The van der Waals surface area contributed by atoms with Crippen LogP contribution in [0.15, 0.2) is 40.8 Å². The Balaban J connectivity index is 1.64. The molecule has 2 N–H and O–H groups in total. The zero-order valence-electron chi connectivity index (χ0n) is 13.5. The third-order valence-electron chi connectivity index (χ3n) is 3.86. The molecule has 0 radical (unpaired) electrons. The maximum Gasteiger partial charge on any atom is 0.163 e. The molecule has 5 heteroatoms. The van der Waals surface area contributed by atoms with E-state index in [1.165, 1.54) is 4.70 Å². The molecule has 4 nitrogen and oxygen atoms in total. The van der Waals surface area contributed by atoms with Crippen LogP contribution in [0.4, 0.5) is 0 Å². The zero-order valence-corrected chi connectivity index (χ0v) is 14.3. The molecule has 0 aliphatic carbocycles. The first-order valence-electron chi connectivity index (χ1n) is 7.84. The number of nitrogens with one attached hydrogen (secondary N) is 1. The van der Waals surface area contributed by atoms with Gasteiger partial charge < -0.3 is 14.8 Å². The topological polar surface area (TPSA) is 58.3 Å². The van der Waals surface area contributed by atoms with E-state index in [4.69, 9.17) is 9.52 Å². The Hall–Kier alpha value is -1.69. The lowest BCUT2D eigenvalue weighted by molar-refractivity contribution is 0.206. The standard InChI is InChI=1S/C18H22N2O2S/c1-18(2,9-10-21)12-19-11-13-7-8-15(22-13)17-20-14-5-3-4-6-16(14)23-17/h3-8,19,21H,9-12H2,1-2H3. The molecule has 1 aromatic carbocycles. The molecule has 23 heavy (non-hydrogen) atoms. The van der Waals surface area contributed by atoms with Crippen molar-refractivity contribution in [3.63, 3.8) is 0 Å². The van der Waals surface area contributed by atoms with Gasteiger partial charge in [0.1, 0.15) is 5.76 Å². The summed E-state index contributed by atoms with van der Waals surface area (Å²) in [5.74, 6) is 1.72. The van der Waals surface area contributed by atoms with Crippen molar-refractivity contribution < 1.29 is 9.52 Å². The van der Waals surface area contributed by atoms with Crippen LogP contribution in [0, 0.1) is 5.41 Å². The number of furan rings is 1. The maximum atomic E-state index is 9.06. The fraction of sp³-hybridized carbons (Fsp3) is 0.389. The van der Waals surface area contributed by atoms with E-state index in [2.05, 4.69) is 30.2 Å². The smallest absolute Gasteiger partial charge is 0.163 e. The van der Waals surface area contributed by atoms with Gasteiger partial charge in [-0.05, 0) is 36.1 Å². The minimum atomic E-state index is 0.0806. The highest BCUT2D eigenvalue weighted by molar-refractivity contribution is 7.21. The molecule has 122 valence electrons. The SMILES string of the molecule is CC(C)(CCO)CNCc1ccc(-c2nc3ccccc3s2)o1. The quantitative estimate of drug-likeness (QED) is 0.686. The number of thiazole rings is 1. The molecule has 0 saturated heterocycles. The molecule has 2 heterocycles. The van der Waals surface area contributed by atoms with Crippen LogP contribution in [0.2, 0.25) is 0 Å². The molecular formula is C18H22N2O2S. The Morgan fingerprint density at radius 3 is 2.83 bits per heavy atom. The maximum absolute atomic E-state index is 9.06. The van der Waals surface area contributed by atoms with E-state index in [1.807, 2.05) is 30.3 Å². The van der Waals surface area contributed by atoms with Gasteiger partial charge in [0.05, 0.1) is 16.8 Å². The highest BCUT2D eigenvalue weighted by Crippen LogP contribution is 2.31. The molecule has 3 rings (SSSR count). The number of aromatic nitrogens is 1. The van der Waals surface area contributed by atoms with E-state index in [9.17, 15) is 0 Å². The van der Waals surface area contributed by atoms with E-state index in [0.29, 0.717) is 6.54 Å². The summed E-state index contributed by atoms with van der Waals surface area (Å²) < 4.78 is 7.08. The first-order chi connectivity index (χ1) is 11.1. The van der Waals surface area contributed by atoms with E-state index < -0.39 is 0 Å². The lowest BCUT2D eigenvalue weighted by Gasteiger charge is -2.23. The van der Waals surface area contributed by atoms with Crippen molar-refractivity contribution in [2.45, 2.75) is 26.8 Å². The van der Waals surface area contributed by atoms with E-state index >= 15 is 0 Å². The van der Waals surface area contributed by atoms with Crippen LogP contribution in [0.5, 0.6) is 0 Å². The van der Waals surface area contributed by atoms with Crippen LogP contribution in [-0.4, -0.2) is 23.2 Å². The Bertz CT molecular complexity index is 743. The van der Waals surface area contributed by atoms with Gasteiger partial charge in [-0.3, -0.25) is 0 Å². The van der Waals surface area contributed by atoms with Gasteiger partial charge in [-0.1, -0.05) is 26.0 Å². The minimum absolute atomic E-state index is 0.0806. The summed E-state index contributed by atoms with van der Waals surface area (Å²) in [4.78, 5) is 4.62. The number of para-hydroxylation sites is 1. The predicted molar refractivity (Wildman–Crippen MR) is 94.5 cm³/mol. The van der Waals surface area contributed by atoms with Crippen molar-refractivity contribution in [1.82, 2.24) is 10.3 Å². The molecule has 2 aromatic heterocycles. The van der Waals surface area contributed by atoms with Gasteiger partial charge in [0.25, 0.3) is 0 Å². The van der Waals surface area contributed by atoms with Crippen LogP contribution in [-0.2, 0) is 6.54 Å². The molecule has 0 bridgehead atoms. The zero-order chi connectivity index (χ0) is 16.3. The first-order valence-corrected chi connectivity index (χ1v) is 8.65. The summed E-state index contributed by atoms with van der Waals surface area (Å²) in [6.07, 6.45) is 0.787. The van der Waals surface area contributed by atoms with Crippen molar-refractivity contribution in [2.24, 2.45) is 5.41 Å². The lowest BCUT2D eigenvalue weighted by atomic mass is 9.90. The molecule has 0 fully saturated rings. The number of fused-ring (bicyclic) bond motifs is 1. The van der Waals surface area contributed by atoms with Gasteiger partial charge >= 0.3 is 0 Å². The van der Waals surface area contributed by atoms with Crippen molar-refractivity contribution in [1.29, 1.82) is 0 Å². The molecule has 0 aliphatic rings. The third kappa shape index (κ3) is 3.99. The van der Waals surface area contributed by atoms with E-state index in [0.717, 1.165) is 35.0 Å². The Morgan fingerprint density at radius 2 is 2.04 bits per heavy atom. The summed E-state index contributed by atoms with van der Waals surface area (Å²) >= 11 is 1.65.